The quantitative estimate of drug-likeness (QED) is 0.698. The first-order chi connectivity index (χ1) is 13.1. The molecule has 0 aliphatic carbocycles. The zero-order valence-corrected chi connectivity index (χ0v) is 18.2. The fourth-order valence-electron chi connectivity index (χ4n) is 5.42. The smallest absolute Gasteiger partial charge is 0.145 e. The third kappa shape index (κ3) is 3.04. The van der Waals surface area contributed by atoms with Crippen LogP contribution in [0.25, 0.3) is 0 Å². The van der Waals surface area contributed by atoms with Crippen LogP contribution < -0.4 is 10.2 Å². The third-order valence-electron chi connectivity index (χ3n) is 6.55. The van der Waals surface area contributed by atoms with Crippen LogP contribution in [-0.2, 0) is 5.41 Å². The summed E-state index contributed by atoms with van der Waals surface area (Å²) in [5, 5.41) is 3.99. The Labute approximate surface area is 173 Å². The van der Waals surface area contributed by atoms with Crippen LogP contribution >= 0.6 is 11.6 Å². The van der Waals surface area contributed by atoms with Crippen molar-refractivity contribution in [1.82, 2.24) is 5.32 Å². The SMILES string of the molecule is Cc1ccc2c(c1)N(C)C[C@@]21[C@H](CC(C)(C)C)NC[C@@H]1c1cccc(Cl)c1F. The van der Waals surface area contributed by atoms with Crippen LogP contribution in [-0.4, -0.2) is 26.2 Å². The Kier molecular flexibility index (Phi) is 4.75. The van der Waals surface area contributed by atoms with Crippen molar-refractivity contribution in [3.8, 4) is 0 Å². The summed E-state index contributed by atoms with van der Waals surface area (Å²) in [5.74, 6) is -0.222. The Bertz CT molecular complexity index is 904. The molecule has 0 aromatic heterocycles. The second-order valence-corrected chi connectivity index (χ2v) is 10.2. The van der Waals surface area contributed by atoms with Gasteiger partial charge in [0.15, 0.2) is 0 Å². The Hall–Kier alpha value is -1.58. The molecule has 0 amide bonds. The molecule has 2 aromatic rings. The highest BCUT2D eigenvalue weighted by Gasteiger charge is 2.57. The van der Waals surface area contributed by atoms with Crippen molar-refractivity contribution >= 4 is 17.3 Å². The van der Waals surface area contributed by atoms with Crippen molar-refractivity contribution < 1.29 is 4.39 Å². The van der Waals surface area contributed by atoms with Crippen LogP contribution in [0.5, 0.6) is 0 Å². The molecule has 3 atom stereocenters. The minimum absolute atomic E-state index is 0.0463. The van der Waals surface area contributed by atoms with Gasteiger partial charge in [0.1, 0.15) is 5.82 Å². The summed E-state index contributed by atoms with van der Waals surface area (Å²) in [7, 11) is 2.16. The van der Waals surface area contributed by atoms with Gasteiger partial charge in [-0.15, -0.1) is 0 Å². The van der Waals surface area contributed by atoms with E-state index in [-0.39, 0.29) is 33.6 Å². The number of hydrogen-bond donors (Lipinski definition) is 1. The predicted octanol–water partition coefficient (Wildman–Crippen LogP) is 5.67. The maximum atomic E-state index is 15.1. The molecule has 1 saturated heterocycles. The van der Waals surface area contributed by atoms with Gasteiger partial charge in [-0.05, 0) is 47.6 Å². The molecular formula is C24H30ClFN2. The number of nitrogens with zero attached hydrogens (tertiary/aromatic N) is 1. The first-order valence-electron chi connectivity index (χ1n) is 10.1. The number of likely N-dealkylation sites (N-methyl/N-ethyl adjacent to an activating group) is 1. The molecule has 2 aliphatic rings. The molecule has 4 heteroatoms. The Balaban J connectivity index is 1.91. The molecule has 0 bridgehead atoms. The van der Waals surface area contributed by atoms with E-state index in [4.69, 9.17) is 11.6 Å². The van der Waals surface area contributed by atoms with Gasteiger partial charge >= 0.3 is 0 Å². The van der Waals surface area contributed by atoms with Crippen molar-refractivity contribution in [1.29, 1.82) is 0 Å². The number of rotatable bonds is 2. The molecular weight excluding hydrogens is 371 g/mol. The number of hydrogen-bond acceptors (Lipinski definition) is 2. The lowest BCUT2D eigenvalue weighted by atomic mass is 9.64. The number of fused-ring (bicyclic) bond motifs is 2. The summed E-state index contributed by atoms with van der Waals surface area (Å²) in [6.07, 6.45) is 1.03. The van der Waals surface area contributed by atoms with E-state index in [2.05, 4.69) is 63.2 Å². The molecule has 0 radical (unpaired) electrons. The van der Waals surface area contributed by atoms with Crippen LogP contribution in [0.15, 0.2) is 36.4 Å². The average molecular weight is 401 g/mol. The predicted molar refractivity (Wildman–Crippen MR) is 116 cm³/mol. The van der Waals surface area contributed by atoms with Crippen LogP contribution in [0.1, 0.15) is 49.8 Å². The molecule has 150 valence electrons. The highest BCUT2D eigenvalue weighted by molar-refractivity contribution is 6.30. The monoisotopic (exact) mass is 400 g/mol. The third-order valence-corrected chi connectivity index (χ3v) is 6.84. The summed E-state index contributed by atoms with van der Waals surface area (Å²) < 4.78 is 15.1. The lowest BCUT2D eigenvalue weighted by molar-refractivity contribution is 0.256. The topological polar surface area (TPSA) is 15.3 Å². The zero-order valence-electron chi connectivity index (χ0n) is 17.4. The lowest BCUT2D eigenvalue weighted by Gasteiger charge is -2.39. The van der Waals surface area contributed by atoms with E-state index in [1.807, 2.05) is 12.1 Å². The summed E-state index contributed by atoms with van der Waals surface area (Å²) >= 11 is 6.17. The van der Waals surface area contributed by atoms with Crippen LogP contribution in [0, 0.1) is 18.2 Å². The van der Waals surface area contributed by atoms with Crippen molar-refractivity contribution in [2.45, 2.75) is 51.5 Å². The standard InChI is InChI=1S/C24H30ClFN2/c1-15-9-10-17-20(11-15)28(5)14-24(17)18(13-27-21(24)12-23(2,3)4)16-7-6-8-19(25)22(16)26/h6-11,18,21,27H,12-14H2,1-5H3/t18-,21+,24-/m1/s1. The molecule has 1 spiro atoms. The van der Waals surface area contributed by atoms with E-state index in [0.29, 0.717) is 0 Å². The van der Waals surface area contributed by atoms with Crippen LogP contribution in [0.2, 0.25) is 5.02 Å². The largest absolute Gasteiger partial charge is 0.373 e. The highest BCUT2D eigenvalue weighted by Crippen LogP contribution is 2.55. The fourth-order valence-corrected chi connectivity index (χ4v) is 5.60. The van der Waals surface area contributed by atoms with Gasteiger partial charge in [-0.2, -0.15) is 0 Å². The maximum absolute atomic E-state index is 15.1. The number of aryl methyl sites for hydroxylation is 1. The number of nitrogens with one attached hydrogen (secondary N) is 1. The molecule has 2 aliphatic heterocycles. The number of halogens is 2. The summed E-state index contributed by atoms with van der Waals surface area (Å²) in [6.45, 7) is 10.6. The molecule has 1 N–H and O–H groups in total. The summed E-state index contributed by atoms with van der Waals surface area (Å²) in [4.78, 5) is 2.35. The van der Waals surface area contributed by atoms with E-state index < -0.39 is 0 Å². The Morgan fingerprint density at radius 2 is 2.00 bits per heavy atom. The molecule has 28 heavy (non-hydrogen) atoms. The first kappa shape index (κ1) is 19.7. The molecule has 0 unspecified atom stereocenters. The van der Waals surface area contributed by atoms with E-state index >= 15 is 4.39 Å². The Morgan fingerprint density at radius 3 is 2.71 bits per heavy atom. The number of benzene rings is 2. The van der Waals surface area contributed by atoms with Gasteiger partial charge in [-0.3, -0.25) is 0 Å². The molecule has 2 aromatic carbocycles. The lowest BCUT2D eigenvalue weighted by Crippen LogP contribution is -2.47. The molecule has 2 heterocycles. The van der Waals surface area contributed by atoms with Crippen molar-refractivity contribution in [2.24, 2.45) is 5.41 Å². The molecule has 4 rings (SSSR count). The molecule has 1 fully saturated rings. The number of anilines is 1. The van der Waals surface area contributed by atoms with Gasteiger partial charge in [-0.1, -0.05) is 56.6 Å². The second kappa shape index (κ2) is 6.74. The minimum Gasteiger partial charge on any atom is -0.373 e. The maximum Gasteiger partial charge on any atom is 0.145 e. The summed E-state index contributed by atoms with van der Waals surface area (Å²) in [6, 6.07) is 12.4. The first-order valence-corrected chi connectivity index (χ1v) is 10.5. The van der Waals surface area contributed by atoms with Crippen molar-refractivity contribution in [3.05, 3.63) is 63.9 Å². The van der Waals surface area contributed by atoms with E-state index in [0.717, 1.165) is 25.1 Å². The summed E-state index contributed by atoms with van der Waals surface area (Å²) in [5.41, 5.74) is 4.61. The van der Waals surface area contributed by atoms with Gasteiger partial charge in [-0.25, -0.2) is 4.39 Å². The van der Waals surface area contributed by atoms with Crippen molar-refractivity contribution in [2.75, 3.05) is 25.0 Å². The van der Waals surface area contributed by atoms with Gasteiger partial charge in [0.25, 0.3) is 0 Å². The van der Waals surface area contributed by atoms with Gasteiger partial charge < -0.3 is 10.2 Å². The van der Waals surface area contributed by atoms with Gasteiger partial charge in [0.2, 0.25) is 0 Å². The normalized spacial score (nSPS) is 26.9. The van der Waals surface area contributed by atoms with E-state index in [1.54, 1.807) is 6.07 Å². The minimum atomic E-state index is -0.269. The Morgan fingerprint density at radius 1 is 1.25 bits per heavy atom. The zero-order chi connectivity index (χ0) is 20.3. The van der Waals surface area contributed by atoms with Crippen LogP contribution in [0.3, 0.4) is 0 Å². The average Bonchev–Trinajstić information content (AvgIpc) is 3.08. The van der Waals surface area contributed by atoms with Gasteiger partial charge in [0, 0.05) is 43.2 Å². The van der Waals surface area contributed by atoms with Gasteiger partial charge in [0.05, 0.1) is 5.02 Å². The van der Waals surface area contributed by atoms with E-state index in [1.165, 1.54) is 16.8 Å². The fraction of sp³-hybridized carbons (Fsp3) is 0.500. The molecule has 0 saturated carbocycles. The highest BCUT2D eigenvalue weighted by atomic mass is 35.5. The van der Waals surface area contributed by atoms with Crippen LogP contribution in [0.4, 0.5) is 10.1 Å². The van der Waals surface area contributed by atoms with Crippen molar-refractivity contribution in [3.63, 3.8) is 0 Å². The second-order valence-electron chi connectivity index (χ2n) is 9.84. The molecule has 2 nitrogen and oxygen atoms in total. The van der Waals surface area contributed by atoms with E-state index in [9.17, 15) is 0 Å².